The second-order valence-electron chi connectivity index (χ2n) is 4.17. The molecule has 0 saturated heterocycles. The number of nitriles is 2. The molecule has 0 unspecified atom stereocenters. The number of nitrogens with zero attached hydrogens (tertiary/aromatic N) is 2. The van der Waals surface area contributed by atoms with Crippen LogP contribution in [0.5, 0.6) is 0 Å². The van der Waals surface area contributed by atoms with E-state index in [4.69, 9.17) is 10.5 Å². The Morgan fingerprint density at radius 1 is 0.857 bits per heavy atom. The molecule has 2 aromatic carbocycles. The first kappa shape index (κ1) is 14.5. The van der Waals surface area contributed by atoms with Gasteiger partial charge in [0.25, 0.3) is 0 Å². The first-order chi connectivity index (χ1) is 9.86. The van der Waals surface area contributed by atoms with Crippen LogP contribution in [-0.2, 0) is 6.18 Å². The Balaban J connectivity index is 2.68. The third kappa shape index (κ3) is 2.85. The van der Waals surface area contributed by atoms with E-state index >= 15 is 0 Å². The van der Waals surface area contributed by atoms with Crippen LogP contribution in [0.15, 0.2) is 36.4 Å². The minimum Gasteiger partial charge on any atom is -0.207 e. The van der Waals surface area contributed by atoms with Gasteiger partial charge in [-0.1, -0.05) is 12.1 Å². The van der Waals surface area contributed by atoms with Crippen molar-refractivity contribution >= 4 is 0 Å². The molecule has 2 nitrogen and oxygen atoms in total. The number of halogens is 4. The summed E-state index contributed by atoms with van der Waals surface area (Å²) in [6.07, 6.45) is -4.69. The quantitative estimate of drug-likeness (QED) is 0.737. The van der Waals surface area contributed by atoms with Crippen LogP contribution in [0, 0.1) is 28.5 Å². The monoisotopic (exact) mass is 290 g/mol. The summed E-state index contributed by atoms with van der Waals surface area (Å²) in [4.78, 5) is 0. The zero-order valence-corrected chi connectivity index (χ0v) is 10.4. The minimum atomic E-state index is -4.69. The highest BCUT2D eigenvalue weighted by molar-refractivity contribution is 5.72. The summed E-state index contributed by atoms with van der Waals surface area (Å²) in [5.41, 5.74) is -1.40. The lowest BCUT2D eigenvalue weighted by atomic mass is 9.96. The average molecular weight is 290 g/mol. The van der Waals surface area contributed by atoms with Crippen molar-refractivity contribution in [2.75, 3.05) is 0 Å². The second-order valence-corrected chi connectivity index (χ2v) is 4.17. The van der Waals surface area contributed by atoms with Crippen molar-refractivity contribution in [1.82, 2.24) is 0 Å². The van der Waals surface area contributed by atoms with Gasteiger partial charge in [0, 0.05) is 0 Å². The van der Waals surface area contributed by atoms with E-state index in [-0.39, 0.29) is 16.7 Å². The van der Waals surface area contributed by atoms with E-state index < -0.39 is 23.1 Å². The molecule has 0 bridgehead atoms. The van der Waals surface area contributed by atoms with Gasteiger partial charge in [0.2, 0.25) is 0 Å². The first-order valence-corrected chi connectivity index (χ1v) is 5.68. The smallest absolute Gasteiger partial charge is 0.207 e. The normalized spacial score (nSPS) is 10.8. The molecular weight excluding hydrogens is 284 g/mol. The molecule has 0 fully saturated rings. The topological polar surface area (TPSA) is 47.6 Å². The zero-order valence-electron chi connectivity index (χ0n) is 10.4. The Bertz CT molecular complexity index is 780. The number of hydrogen-bond donors (Lipinski definition) is 0. The fraction of sp³-hybridized carbons (Fsp3) is 0.0667. The molecule has 2 rings (SSSR count). The average Bonchev–Trinajstić information content (AvgIpc) is 2.45. The predicted octanol–water partition coefficient (Wildman–Crippen LogP) is 4.25. The summed E-state index contributed by atoms with van der Waals surface area (Å²) in [7, 11) is 0. The SMILES string of the molecule is N#Cc1cc(F)ccc1-c1ccc(C#N)c(C(F)(F)F)c1. The van der Waals surface area contributed by atoms with Crippen LogP contribution in [-0.4, -0.2) is 0 Å². The largest absolute Gasteiger partial charge is 0.417 e. The van der Waals surface area contributed by atoms with E-state index in [2.05, 4.69) is 0 Å². The number of benzene rings is 2. The van der Waals surface area contributed by atoms with E-state index in [9.17, 15) is 17.6 Å². The van der Waals surface area contributed by atoms with E-state index in [0.717, 1.165) is 24.3 Å². The summed E-state index contributed by atoms with van der Waals surface area (Å²) in [6.45, 7) is 0. The van der Waals surface area contributed by atoms with E-state index in [1.54, 1.807) is 6.07 Å². The lowest BCUT2D eigenvalue weighted by Crippen LogP contribution is -2.08. The molecule has 0 radical (unpaired) electrons. The van der Waals surface area contributed by atoms with Crippen molar-refractivity contribution in [1.29, 1.82) is 10.5 Å². The Morgan fingerprint density at radius 3 is 2.10 bits per heavy atom. The van der Waals surface area contributed by atoms with Crippen molar-refractivity contribution in [3.05, 3.63) is 58.9 Å². The Kier molecular flexibility index (Phi) is 3.64. The molecule has 21 heavy (non-hydrogen) atoms. The van der Waals surface area contributed by atoms with Gasteiger partial charge < -0.3 is 0 Å². The van der Waals surface area contributed by atoms with Crippen molar-refractivity contribution in [3.63, 3.8) is 0 Å². The number of rotatable bonds is 1. The molecular formula is C15H6F4N2. The highest BCUT2D eigenvalue weighted by Gasteiger charge is 2.34. The van der Waals surface area contributed by atoms with Gasteiger partial charge in [-0.2, -0.15) is 23.7 Å². The summed E-state index contributed by atoms with van der Waals surface area (Å²) in [6, 6.07) is 9.55. The molecule has 0 aromatic heterocycles. The number of hydrogen-bond acceptors (Lipinski definition) is 2. The molecule has 0 atom stereocenters. The third-order valence-corrected chi connectivity index (χ3v) is 2.86. The van der Waals surface area contributed by atoms with Crippen molar-refractivity contribution < 1.29 is 17.6 Å². The van der Waals surface area contributed by atoms with Gasteiger partial charge in [-0.15, -0.1) is 0 Å². The minimum absolute atomic E-state index is 0.0761. The van der Waals surface area contributed by atoms with Crippen molar-refractivity contribution in [2.45, 2.75) is 6.18 Å². The van der Waals surface area contributed by atoms with Gasteiger partial charge in [0.15, 0.2) is 0 Å². The second kappa shape index (κ2) is 5.26. The molecule has 0 N–H and O–H groups in total. The van der Waals surface area contributed by atoms with Crippen LogP contribution in [0.4, 0.5) is 17.6 Å². The molecule has 6 heteroatoms. The maximum Gasteiger partial charge on any atom is 0.417 e. The van der Waals surface area contributed by atoms with Gasteiger partial charge >= 0.3 is 6.18 Å². The van der Waals surface area contributed by atoms with Crippen LogP contribution in [0.3, 0.4) is 0 Å². The van der Waals surface area contributed by atoms with Crippen LogP contribution < -0.4 is 0 Å². The van der Waals surface area contributed by atoms with Gasteiger partial charge in [0.05, 0.1) is 28.8 Å². The number of alkyl halides is 3. The molecule has 0 spiro atoms. The fourth-order valence-corrected chi connectivity index (χ4v) is 1.90. The molecule has 104 valence electrons. The maximum absolute atomic E-state index is 13.1. The van der Waals surface area contributed by atoms with E-state index in [1.165, 1.54) is 18.2 Å². The first-order valence-electron chi connectivity index (χ1n) is 5.68. The molecule has 0 aliphatic carbocycles. The Hall–Kier alpha value is -2.86. The molecule has 0 aliphatic rings. The lowest BCUT2D eigenvalue weighted by molar-refractivity contribution is -0.137. The highest BCUT2D eigenvalue weighted by atomic mass is 19.4. The summed E-state index contributed by atoms with van der Waals surface area (Å²) >= 11 is 0. The zero-order chi connectivity index (χ0) is 15.6. The summed E-state index contributed by atoms with van der Waals surface area (Å²) < 4.78 is 51.8. The van der Waals surface area contributed by atoms with E-state index in [1.807, 2.05) is 0 Å². The fourth-order valence-electron chi connectivity index (χ4n) is 1.90. The van der Waals surface area contributed by atoms with Gasteiger partial charge in [-0.3, -0.25) is 0 Å². The van der Waals surface area contributed by atoms with Crippen LogP contribution in [0.2, 0.25) is 0 Å². The molecule has 0 heterocycles. The van der Waals surface area contributed by atoms with Gasteiger partial charge in [-0.05, 0) is 35.4 Å². The summed E-state index contributed by atoms with van der Waals surface area (Å²) in [5.74, 6) is -0.653. The van der Waals surface area contributed by atoms with Crippen molar-refractivity contribution in [2.24, 2.45) is 0 Å². The highest BCUT2D eigenvalue weighted by Crippen LogP contribution is 2.35. The molecule has 0 saturated carbocycles. The van der Waals surface area contributed by atoms with Crippen molar-refractivity contribution in [3.8, 4) is 23.3 Å². The molecule has 0 aliphatic heterocycles. The third-order valence-electron chi connectivity index (χ3n) is 2.86. The standard InChI is InChI=1S/C15H6F4N2/c16-12-3-4-13(11(5-12)8-21)9-1-2-10(7-20)14(6-9)15(17,18)19/h1-6H. The maximum atomic E-state index is 13.1. The van der Waals surface area contributed by atoms with Gasteiger partial charge in [0.1, 0.15) is 5.82 Å². The lowest BCUT2D eigenvalue weighted by Gasteiger charge is -2.11. The van der Waals surface area contributed by atoms with Crippen LogP contribution in [0.25, 0.3) is 11.1 Å². The Morgan fingerprint density at radius 2 is 1.52 bits per heavy atom. The van der Waals surface area contributed by atoms with Crippen LogP contribution >= 0.6 is 0 Å². The van der Waals surface area contributed by atoms with E-state index in [0.29, 0.717) is 0 Å². The van der Waals surface area contributed by atoms with Gasteiger partial charge in [-0.25, -0.2) is 4.39 Å². The Labute approximate surface area is 117 Å². The predicted molar refractivity (Wildman–Crippen MR) is 66.3 cm³/mol. The summed E-state index contributed by atoms with van der Waals surface area (Å²) in [5, 5.41) is 17.7. The molecule has 2 aromatic rings. The molecule has 0 amide bonds. The van der Waals surface area contributed by atoms with Crippen LogP contribution in [0.1, 0.15) is 16.7 Å².